The van der Waals surface area contributed by atoms with Crippen molar-refractivity contribution in [2.24, 2.45) is 0 Å². The predicted molar refractivity (Wildman–Crippen MR) is 96.7 cm³/mol. The third kappa shape index (κ3) is 3.08. The number of thiophene rings is 1. The van der Waals surface area contributed by atoms with Crippen LogP contribution in [0, 0.1) is 6.92 Å². The van der Waals surface area contributed by atoms with Gasteiger partial charge < -0.3 is 5.32 Å². The second-order valence-electron chi connectivity index (χ2n) is 6.09. The van der Waals surface area contributed by atoms with Gasteiger partial charge in [0.2, 0.25) is 5.91 Å². The summed E-state index contributed by atoms with van der Waals surface area (Å²) in [5, 5.41) is 9.36. The molecule has 3 aromatic rings. The maximum atomic E-state index is 12.6. The summed E-state index contributed by atoms with van der Waals surface area (Å²) in [6.07, 6.45) is 1.91. The van der Waals surface area contributed by atoms with Crippen molar-refractivity contribution in [1.29, 1.82) is 0 Å². The summed E-state index contributed by atoms with van der Waals surface area (Å²) < 4.78 is 4.47. The fourth-order valence-corrected chi connectivity index (χ4v) is 3.62. The average molecular weight is 346 g/mol. The largest absolute Gasteiger partial charge is 0.354 e. The highest BCUT2D eigenvalue weighted by atomic mass is 32.1. The topological polar surface area (TPSA) is 68.4 Å². The summed E-state index contributed by atoms with van der Waals surface area (Å²) in [4.78, 5) is 24.5. The quantitative estimate of drug-likeness (QED) is 0.746. The molecule has 0 aliphatic heterocycles. The van der Waals surface area contributed by atoms with E-state index in [0.717, 1.165) is 22.5 Å². The highest BCUT2D eigenvalue weighted by Crippen LogP contribution is 2.24. The molecule has 0 saturated carbocycles. The average Bonchev–Trinajstić information content (AvgIpc) is 3.12. The Balaban J connectivity index is 1.77. The second kappa shape index (κ2) is 6.76. The molecular weight excluding hydrogens is 324 g/mol. The molecule has 0 aliphatic carbocycles. The van der Waals surface area contributed by atoms with Gasteiger partial charge in [-0.2, -0.15) is 5.10 Å². The molecule has 0 aromatic carbocycles. The number of amides is 1. The molecule has 24 heavy (non-hydrogen) atoms. The zero-order valence-electron chi connectivity index (χ0n) is 14.2. The molecule has 0 saturated heterocycles. The van der Waals surface area contributed by atoms with Crippen LogP contribution in [0.25, 0.3) is 15.7 Å². The molecule has 3 aromatic heterocycles. The Morgan fingerprint density at radius 1 is 1.42 bits per heavy atom. The summed E-state index contributed by atoms with van der Waals surface area (Å²) in [6.45, 7) is 6.37. The lowest BCUT2D eigenvalue weighted by Crippen LogP contribution is -2.32. The number of carbonyl (C=O) groups excluding carboxylic acids is 1. The fraction of sp³-hybridized carbons (Fsp3) is 0.471. The number of nitrogens with zero attached hydrogens (tertiary/aromatic N) is 3. The lowest BCUT2D eigenvalue weighted by atomic mass is 10.2. The van der Waals surface area contributed by atoms with E-state index in [4.69, 9.17) is 0 Å². The summed E-state index contributed by atoms with van der Waals surface area (Å²) >= 11 is 1.62. The van der Waals surface area contributed by atoms with Crippen LogP contribution in [-0.4, -0.2) is 26.1 Å². The van der Waals surface area contributed by atoms with E-state index in [1.165, 1.54) is 4.68 Å². The number of hydrogen-bond donors (Lipinski definition) is 1. The number of nitrogens with one attached hydrogen (secondary N) is 1. The van der Waals surface area contributed by atoms with E-state index in [0.29, 0.717) is 24.9 Å². The van der Waals surface area contributed by atoms with Gasteiger partial charge in [-0.1, -0.05) is 6.92 Å². The lowest BCUT2D eigenvalue weighted by Gasteiger charge is -2.11. The zero-order chi connectivity index (χ0) is 17.3. The van der Waals surface area contributed by atoms with Crippen LogP contribution in [0.5, 0.6) is 0 Å². The Morgan fingerprint density at radius 3 is 2.96 bits per heavy atom. The van der Waals surface area contributed by atoms with E-state index in [9.17, 15) is 9.59 Å². The maximum Gasteiger partial charge on any atom is 0.291 e. The molecule has 1 atom stereocenters. The molecule has 1 amide bonds. The Bertz CT molecular complexity index is 937. The number of fused-ring (bicyclic) bond motifs is 3. The molecule has 3 rings (SSSR count). The Kier molecular flexibility index (Phi) is 4.71. The van der Waals surface area contributed by atoms with Crippen LogP contribution in [0.3, 0.4) is 0 Å². The molecule has 0 radical (unpaired) electrons. The minimum Gasteiger partial charge on any atom is -0.354 e. The van der Waals surface area contributed by atoms with Crippen LogP contribution in [0.1, 0.15) is 38.9 Å². The maximum absolute atomic E-state index is 12.6. The molecule has 0 unspecified atom stereocenters. The third-order valence-electron chi connectivity index (χ3n) is 4.26. The van der Waals surface area contributed by atoms with Crippen molar-refractivity contribution < 1.29 is 4.79 Å². The zero-order valence-corrected chi connectivity index (χ0v) is 15.0. The summed E-state index contributed by atoms with van der Waals surface area (Å²) in [7, 11) is 0. The van der Waals surface area contributed by atoms with E-state index in [1.807, 2.05) is 42.7 Å². The molecule has 0 bridgehead atoms. The first kappa shape index (κ1) is 16.7. The monoisotopic (exact) mass is 346 g/mol. The van der Waals surface area contributed by atoms with Gasteiger partial charge in [-0.3, -0.25) is 14.0 Å². The van der Waals surface area contributed by atoms with Gasteiger partial charge in [-0.05, 0) is 44.2 Å². The number of rotatable bonds is 6. The van der Waals surface area contributed by atoms with Crippen molar-refractivity contribution in [3.63, 3.8) is 0 Å². The van der Waals surface area contributed by atoms with E-state index in [1.54, 1.807) is 11.3 Å². The Morgan fingerprint density at radius 2 is 2.21 bits per heavy atom. The van der Waals surface area contributed by atoms with Crippen LogP contribution in [0.2, 0.25) is 0 Å². The van der Waals surface area contributed by atoms with Crippen molar-refractivity contribution in [1.82, 2.24) is 19.5 Å². The lowest BCUT2D eigenvalue weighted by molar-refractivity contribution is -0.121. The van der Waals surface area contributed by atoms with Crippen molar-refractivity contribution in [2.45, 2.75) is 52.6 Å². The van der Waals surface area contributed by atoms with E-state index in [-0.39, 0.29) is 17.5 Å². The number of carbonyl (C=O) groups is 1. The van der Waals surface area contributed by atoms with Crippen molar-refractivity contribution in [3.8, 4) is 0 Å². The molecule has 128 valence electrons. The van der Waals surface area contributed by atoms with E-state index < -0.39 is 0 Å². The smallest absolute Gasteiger partial charge is 0.291 e. The van der Waals surface area contributed by atoms with Crippen LogP contribution < -0.4 is 10.9 Å². The first-order valence-corrected chi connectivity index (χ1v) is 9.15. The number of aromatic nitrogens is 3. The van der Waals surface area contributed by atoms with Crippen LogP contribution >= 0.6 is 11.3 Å². The normalized spacial score (nSPS) is 12.8. The summed E-state index contributed by atoms with van der Waals surface area (Å²) in [6, 6.07) is 4.11. The Labute approximate surface area is 144 Å². The van der Waals surface area contributed by atoms with Gasteiger partial charge in [0.25, 0.3) is 5.56 Å². The van der Waals surface area contributed by atoms with Gasteiger partial charge in [-0.25, -0.2) is 4.68 Å². The van der Waals surface area contributed by atoms with Crippen LogP contribution in [0.15, 0.2) is 22.3 Å². The summed E-state index contributed by atoms with van der Waals surface area (Å²) in [5.74, 6) is 0.806. The SMILES string of the molecule is CC[C@H](C)NC(=O)CCCn1nc(C)n2c(cc3sccc32)c1=O. The van der Waals surface area contributed by atoms with Crippen molar-refractivity contribution in [2.75, 3.05) is 0 Å². The minimum atomic E-state index is -0.105. The molecular formula is C17H22N4O2S. The van der Waals surface area contributed by atoms with Crippen molar-refractivity contribution >= 4 is 33.0 Å². The van der Waals surface area contributed by atoms with Gasteiger partial charge in [0.05, 0.1) is 10.2 Å². The Hall–Kier alpha value is -2.15. The molecule has 0 fully saturated rings. The molecule has 1 N–H and O–H groups in total. The molecule has 0 aliphatic rings. The highest BCUT2D eigenvalue weighted by molar-refractivity contribution is 7.17. The van der Waals surface area contributed by atoms with Gasteiger partial charge in [-0.15, -0.1) is 11.3 Å². The van der Waals surface area contributed by atoms with E-state index in [2.05, 4.69) is 10.4 Å². The highest BCUT2D eigenvalue weighted by Gasteiger charge is 2.13. The second-order valence-corrected chi connectivity index (χ2v) is 7.04. The first-order chi connectivity index (χ1) is 11.5. The standard InChI is InChI=1S/C17H22N4O2S/c1-4-11(2)18-16(22)6-5-8-20-17(23)14-10-15-13(7-9-24-15)21(14)12(3)19-20/h7,9-11H,4-6,8H2,1-3H3,(H,18,22)/t11-/m0/s1. The van der Waals surface area contributed by atoms with Gasteiger partial charge >= 0.3 is 0 Å². The fourth-order valence-electron chi connectivity index (χ4n) is 2.82. The van der Waals surface area contributed by atoms with Crippen molar-refractivity contribution in [3.05, 3.63) is 33.7 Å². The molecule has 0 spiro atoms. The molecule has 3 heterocycles. The van der Waals surface area contributed by atoms with Crippen LogP contribution in [0.4, 0.5) is 0 Å². The first-order valence-electron chi connectivity index (χ1n) is 8.27. The predicted octanol–water partition coefficient (Wildman–Crippen LogP) is 2.71. The molecule has 7 heteroatoms. The third-order valence-corrected chi connectivity index (χ3v) is 5.11. The summed E-state index contributed by atoms with van der Waals surface area (Å²) in [5.41, 5.74) is 1.57. The van der Waals surface area contributed by atoms with E-state index >= 15 is 0 Å². The minimum absolute atomic E-state index is 0.0263. The van der Waals surface area contributed by atoms with Gasteiger partial charge in [0.15, 0.2) is 0 Å². The van der Waals surface area contributed by atoms with Gasteiger partial charge in [0, 0.05) is 19.0 Å². The van der Waals surface area contributed by atoms with Crippen LogP contribution in [-0.2, 0) is 11.3 Å². The number of aryl methyl sites for hydroxylation is 2. The number of hydrogen-bond acceptors (Lipinski definition) is 4. The molecule has 6 nitrogen and oxygen atoms in total. The van der Waals surface area contributed by atoms with Gasteiger partial charge in [0.1, 0.15) is 11.3 Å².